The molecule has 1 nitrogen and oxygen atoms in total. The molecule has 0 bridgehead atoms. The van der Waals surface area contributed by atoms with E-state index in [0.29, 0.717) is 6.04 Å². The van der Waals surface area contributed by atoms with E-state index in [1.54, 1.807) is 0 Å². The quantitative estimate of drug-likeness (QED) is 0.452. The fourth-order valence-corrected chi connectivity index (χ4v) is 3.08. The van der Waals surface area contributed by atoms with Gasteiger partial charge >= 0.3 is 0 Å². The molecule has 0 amide bonds. The van der Waals surface area contributed by atoms with Gasteiger partial charge in [-0.3, -0.25) is 0 Å². The summed E-state index contributed by atoms with van der Waals surface area (Å²) in [4.78, 5) is 0. The molecule has 24 heavy (non-hydrogen) atoms. The minimum absolute atomic E-state index is 0.396. The molecule has 1 heteroatoms. The molecule has 1 aliphatic rings. The maximum absolute atomic E-state index is 3.44. The van der Waals surface area contributed by atoms with Crippen molar-refractivity contribution in [2.45, 2.75) is 6.04 Å². The lowest BCUT2D eigenvalue weighted by Crippen LogP contribution is -2.23. The average Bonchev–Trinajstić information content (AvgIpc) is 2.64. The molecule has 0 fully saturated rings. The van der Waals surface area contributed by atoms with Crippen LogP contribution in [0.25, 0.3) is 10.8 Å². The zero-order chi connectivity index (χ0) is 16.2. The van der Waals surface area contributed by atoms with Crippen LogP contribution in [-0.2, 0) is 0 Å². The Balaban J connectivity index is 0.000000129. The topological polar surface area (TPSA) is 12.0 Å². The van der Waals surface area contributed by atoms with Crippen molar-refractivity contribution >= 4 is 16.5 Å². The van der Waals surface area contributed by atoms with E-state index in [-0.39, 0.29) is 0 Å². The van der Waals surface area contributed by atoms with Gasteiger partial charge in [-0.2, -0.15) is 0 Å². The zero-order valence-corrected chi connectivity index (χ0v) is 13.4. The van der Waals surface area contributed by atoms with Crippen molar-refractivity contribution in [3.63, 3.8) is 0 Å². The van der Waals surface area contributed by atoms with Gasteiger partial charge in [0.05, 0.1) is 6.04 Å². The summed E-state index contributed by atoms with van der Waals surface area (Å²) in [6.45, 7) is 0. The summed E-state index contributed by atoms with van der Waals surface area (Å²) in [5.74, 6) is 0. The molecule has 0 spiro atoms. The summed E-state index contributed by atoms with van der Waals surface area (Å²) >= 11 is 0. The predicted octanol–water partition coefficient (Wildman–Crippen LogP) is 6.04. The number of hydrogen-bond acceptors (Lipinski definition) is 1. The van der Waals surface area contributed by atoms with E-state index in [1.165, 1.54) is 27.6 Å². The van der Waals surface area contributed by atoms with Crippen molar-refractivity contribution < 1.29 is 0 Å². The molecule has 0 radical (unpaired) electrons. The first kappa shape index (κ1) is 14.5. The van der Waals surface area contributed by atoms with Gasteiger partial charge in [0.15, 0.2) is 0 Å². The van der Waals surface area contributed by atoms with E-state index in [4.69, 9.17) is 0 Å². The monoisotopic (exact) mass is 309 g/mol. The molecular weight excluding hydrogens is 290 g/mol. The van der Waals surface area contributed by atoms with Gasteiger partial charge in [0.2, 0.25) is 0 Å². The second-order valence-corrected chi connectivity index (χ2v) is 5.92. The van der Waals surface area contributed by atoms with Crippen LogP contribution in [0.3, 0.4) is 0 Å². The summed E-state index contributed by atoms with van der Waals surface area (Å²) in [7, 11) is 0. The maximum Gasteiger partial charge on any atom is 0.0787 e. The first-order valence-electron chi connectivity index (χ1n) is 8.26. The summed E-state index contributed by atoms with van der Waals surface area (Å²) in [6, 6.07) is 36.1. The molecule has 4 aromatic carbocycles. The van der Waals surface area contributed by atoms with Crippen LogP contribution in [0.1, 0.15) is 17.2 Å². The highest BCUT2D eigenvalue weighted by Gasteiger charge is 2.25. The average molecular weight is 309 g/mol. The highest BCUT2D eigenvalue weighted by molar-refractivity contribution is 5.82. The third kappa shape index (κ3) is 2.89. The van der Waals surface area contributed by atoms with E-state index in [0.717, 1.165) is 0 Å². The lowest BCUT2D eigenvalue weighted by Gasteiger charge is -2.32. The number of hydrogen-bond donors (Lipinski definition) is 1. The molecule has 5 rings (SSSR count). The second-order valence-electron chi connectivity index (χ2n) is 5.92. The molecule has 0 aliphatic carbocycles. The first-order chi connectivity index (χ1) is 11.9. The van der Waals surface area contributed by atoms with Crippen molar-refractivity contribution in [2.75, 3.05) is 5.32 Å². The number of fused-ring (bicyclic) bond motifs is 2. The second kappa shape index (κ2) is 6.59. The lowest BCUT2D eigenvalue weighted by molar-refractivity contribution is 0.870. The van der Waals surface area contributed by atoms with Crippen LogP contribution >= 0.6 is 0 Å². The number of benzene rings is 4. The lowest BCUT2D eigenvalue weighted by atomic mass is 9.91. The van der Waals surface area contributed by atoms with Crippen LogP contribution in [0.5, 0.6) is 0 Å². The van der Waals surface area contributed by atoms with Crippen molar-refractivity contribution in [2.24, 2.45) is 0 Å². The minimum Gasteiger partial charge on any atom is -0.374 e. The smallest absolute Gasteiger partial charge is 0.0787 e. The molecule has 1 N–H and O–H groups in total. The van der Waals surface area contributed by atoms with E-state index in [2.05, 4.69) is 102 Å². The summed E-state index contributed by atoms with van der Waals surface area (Å²) < 4.78 is 0. The van der Waals surface area contributed by atoms with Crippen LogP contribution in [0, 0.1) is 0 Å². The molecular formula is C23H19N. The molecule has 0 aromatic heterocycles. The molecule has 0 saturated carbocycles. The van der Waals surface area contributed by atoms with Crippen LogP contribution in [-0.4, -0.2) is 0 Å². The van der Waals surface area contributed by atoms with Crippen LogP contribution in [0.2, 0.25) is 0 Å². The molecule has 1 aliphatic heterocycles. The van der Waals surface area contributed by atoms with Gasteiger partial charge in [0.1, 0.15) is 0 Å². The molecule has 116 valence electrons. The van der Waals surface area contributed by atoms with Gasteiger partial charge in [-0.1, -0.05) is 97.1 Å². The SMILES string of the molecule is c1ccc(C2Nc3ccccc32)cc1.c1ccc2ccccc2c1. The predicted molar refractivity (Wildman–Crippen MR) is 102 cm³/mol. The molecule has 0 saturated heterocycles. The third-order valence-electron chi connectivity index (χ3n) is 4.36. The van der Waals surface area contributed by atoms with Crippen LogP contribution in [0.4, 0.5) is 5.69 Å². The number of rotatable bonds is 1. The first-order valence-corrected chi connectivity index (χ1v) is 8.26. The van der Waals surface area contributed by atoms with Gasteiger partial charge in [-0.15, -0.1) is 0 Å². The van der Waals surface area contributed by atoms with E-state index < -0.39 is 0 Å². The van der Waals surface area contributed by atoms with Crippen molar-refractivity contribution in [1.29, 1.82) is 0 Å². The Morgan fingerprint density at radius 3 is 1.58 bits per heavy atom. The van der Waals surface area contributed by atoms with E-state index in [1.807, 2.05) is 6.07 Å². The summed E-state index contributed by atoms with van der Waals surface area (Å²) in [6.07, 6.45) is 0. The van der Waals surface area contributed by atoms with Crippen molar-refractivity contribution in [3.05, 3.63) is 114 Å². The van der Waals surface area contributed by atoms with Crippen molar-refractivity contribution in [3.8, 4) is 0 Å². The Hall–Kier alpha value is -3.06. The zero-order valence-electron chi connectivity index (χ0n) is 13.4. The Labute approximate surface area is 142 Å². The Morgan fingerprint density at radius 2 is 1.00 bits per heavy atom. The van der Waals surface area contributed by atoms with Crippen LogP contribution in [0.15, 0.2) is 103 Å². The number of para-hydroxylation sites is 1. The standard InChI is InChI=1S/C13H11N.C10H8/c1-2-6-10(7-3-1)13-11-8-4-5-9-12(11)14-13;1-2-6-10-8-4-3-7-9(10)5-1/h1-9,13-14H;1-8H. The minimum atomic E-state index is 0.396. The molecule has 4 aromatic rings. The highest BCUT2D eigenvalue weighted by Crippen LogP contribution is 2.39. The van der Waals surface area contributed by atoms with Crippen LogP contribution < -0.4 is 5.32 Å². The number of anilines is 1. The normalized spacial score (nSPS) is 14.6. The molecule has 1 atom stereocenters. The Morgan fingerprint density at radius 1 is 0.500 bits per heavy atom. The van der Waals surface area contributed by atoms with Gasteiger partial charge in [-0.05, 0) is 22.4 Å². The highest BCUT2D eigenvalue weighted by atomic mass is 15.0. The third-order valence-corrected chi connectivity index (χ3v) is 4.36. The largest absolute Gasteiger partial charge is 0.374 e. The summed E-state index contributed by atoms with van der Waals surface area (Å²) in [5, 5.41) is 6.06. The van der Waals surface area contributed by atoms with Gasteiger partial charge in [-0.25, -0.2) is 0 Å². The molecule has 1 heterocycles. The van der Waals surface area contributed by atoms with E-state index >= 15 is 0 Å². The van der Waals surface area contributed by atoms with Gasteiger partial charge in [0, 0.05) is 11.3 Å². The summed E-state index contributed by atoms with van der Waals surface area (Å²) in [5.41, 5.74) is 4.01. The molecule has 1 unspecified atom stereocenters. The Kier molecular flexibility index (Phi) is 3.99. The van der Waals surface area contributed by atoms with Gasteiger partial charge in [0.25, 0.3) is 0 Å². The Bertz CT molecular complexity index is 878. The van der Waals surface area contributed by atoms with Crippen molar-refractivity contribution in [1.82, 2.24) is 0 Å². The maximum atomic E-state index is 3.44. The van der Waals surface area contributed by atoms with E-state index in [9.17, 15) is 0 Å². The van der Waals surface area contributed by atoms with Gasteiger partial charge < -0.3 is 5.32 Å². The fraction of sp³-hybridized carbons (Fsp3) is 0.0435. The number of nitrogens with one attached hydrogen (secondary N) is 1. The fourth-order valence-electron chi connectivity index (χ4n) is 3.08.